The first-order chi connectivity index (χ1) is 7.69. The summed E-state index contributed by atoms with van der Waals surface area (Å²) < 4.78 is 10.0. The highest BCUT2D eigenvalue weighted by molar-refractivity contribution is 5.86. The quantitative estimate of drug-likeness (QED) is 0.774. The van der Waals surface area contributed by atoms with Gasteiger partial charge in [0.05, 0.1) is 19.8 Å². The fourth-order valence-corrected chi connectivity index (χ4v) is 1.44. The van der Waals surface area contributed by atoms with Gasteiger partial charge in [0.25, 0.3) is 0 Å². The SMILES string of the molecule is COCC(N)C(=O)Cc1ccccc1OC. The van der Waals surface area contributed by atoms with E-state index in [0.29, 0.717) is 5.75 Å². The molecule has 1 atom stereocenters. The Morgan fingerprint density at radius 2 is 2.06 bits per heavy atom. The monoisotopic (exact) mass is 223 g/mol. The van der Waals surface area contributed by atoms with Gasteiger partial charge in [-0.05, 0) is 6.07 Å². The van der Waals surface area contributed by atoms with Crippen LogP contribution in [0.15, 0.2) is 24.3 Å². The Kier molecular flexibility index (Phi) is 4.95. The Hall–Kier alpha value is -1.39. The van der Waals surface area contributed by atoms with Crippen LogP contribution in [0.25, 0.3) is 0 Å². The first-order valence-electron chi connectivity index (χ1n) is 5.08. The second-order valence-corrected chi connectivity index (χ2v) is 3.52. The van der Waals surface area contributed by atoms with Gasteiger partial charge >= 0.3 is 0 Å². The molecule has 0 aliphatic carbocycles. The summed E-state index contributed by atoms with van der Waals surface area (Å²) in [4.78, 5) is 11.7. The van der Waals surface area contributed by atoms with Crippen LogP contribution >= 0.6 is 0 Å². The Balaban J connectivity index is 2.69. The molecule has 4 nitrogen and oxygen atoms in total. The van der Waals surface area contributed by atoms with Crippen LogP contribution in [0, 0.1) is 0 Å². The third kappa shape index (κ3) is 3.32. The lowest BCUT2D eigenvalue weighted by Gasteiger charge is -2.11. The summed E-state index contributed by atoms with van der Waals surface area (Å²) in [5, 5.41) is 0. The molecular weight excluding hydrogens is 206 g/mol. The summed E-state index contributed by atoms with van der Waals surface area (Å²) in [5.74, 6) is 0.659. The standard InChI is InChI=1S/C12H17NO3/c1-15-8-10(13)11(14)7-9-5-3-4-6-12(9)16-2/h3-6,10H,7-8,13H2,1-2H3. The van der Waals surface area contributed by atoms with Crippen molar-refractivity contribution in [1.29, 1.82) is 0 Å². The van der Waals surface area contributed by atoms with Crippen LogP contribution in [0.4, 0.5) is 0 Å². The molecule has 0 bridgehead atoms. The number of rotatable bonds is 6. The Bertz CT molecular complexity index is 352. The maximum Gasteiger partial charge on any atom is 0.156 e. The van der Waals surface area contributed by atoms with Crippen molar-refractivity contribution >= 4 is 5.78 Å². The smallest absolute Gasteiger partial charge is 0.156 e. The molecule has 0 aliphatic rings. The predicted molar refractivity (Wildman–Crippen MR) is 61.6 cm³/mol. The van der Waals surface area contributed by atoms with Gasteiger partial charge < -0.3 is 15.2 Å². The predicted octanol–water partition coefficient (Wildman–Crippen LogP) is 0.780. The third-order valence-corrected chi connectivity index (χ3v) is 2.32. The van der Waals surface area contributed by atoms with Crippen molar-refractivity contribution in [1.82, 2.24) is 0 Å². The zero-order chi connectivity index (χ0) is 12.0. The van der Waals surface area contributed by atoms with Crippen molar-refractivity contribution in [2.75, 3.05) is 20.8 Å². The number of ether oxygens (including phenoxy) is 2. The summed E-state index contributed by atoms with van der Waals surface area (Å²) in [6.45, 7) is 0.244. The van der Waals surface area contributed by atoms with Crippen LogP contribution < -0.4 is 10.5 Å². The van der Waals surface area contributed by atoms with Crippen LogP contribution in [0.1, 0.15) is 5.56 Å². The largest absolute Gasteiger partial charge is 0.496 e. The van der Waals surface area contributed by atoms with E-state index in [-0.39, 0.29) is 18.8 Å². The summed E-state index contributed by atoms with van der Waals surface area (Å²) in [6.07, 6.45) is 0.272. The minimum atomic E-state index is -0.574. The molecule has 1 aromatic carbocycles. The Morgan fingerprint density at radius 1 is 1.38 bits per heavy atom. The van der Waals surface area contributed by atoms with E-state index in [1.165, 1.54) is 7.11 Å². The van der Waals surface area contributed by atoms with Crippen molar-refractivity contribution in [2.45, 2.75) is 12.5 Å². The summed E-state index contributed by atoms with van der Waals surface area (Å²) >= 11 is 0. The molecule has 1 rings (SSSR count). The number of Topliss-reactive ketones (excluding diaryl/α,β-unsaturated/α-hetero) is 1. The fourth-order valence-electron chi connectivity index (χ4n) is 1.44. The highest BCUT2D eigenvalue weighted by Crippen LogP contribution is 2.18. The maximum absolute atomic E-state index is 11.7. The number of carbonyl (C=O) groups excluding carboxylic acids is 1. The van der Waals surface area contributed by atoms with Crippen LogP contribution in [-0.4, -0.2) is 32.7 Å². The molecule has 1 aromatic rings. The van der Waals surface area contributed by atoms with Crippen LogP contribution in [0.3, 0.4) is 0 Å². The van der Waals surface area contributed by atoms with Gasteiger partial charge in [0.2, 0.25) is 0 Å². The van der Waals surface area contributed by atoms with E-state index in [4.69, 9.17) is 15.2 Å². The highest BCUT2D eigenvalue weighted by atomic mass is 16.5. The van der Waals surface area contributed by atoms with Gasteiger partial charge in [0, 0.05) is 19.1 Å². The number of methoxy groups -OCH3 is 2. The molecule has 0 spiro atoms. The summed E-state index contributed by atoms with van der Waals surface area (Å²) in [7, 11) is 3.11. The third-order valence-electron chi connectivity index (χ3n) is 2.32. The number of benzene rings is 1. The summed E-state index contributed by atoms with van der Waals surface area (Å²) in [5.41, 5.74) is 6.50. The second kappa shape index (κ2) is 6.25. The van der Waals surface area contributed by atoms with E-state index in [1.807, 2.05) is 24.3 Å². The number of para-hydroxylation sites is 1. The minimum Gasteiger partial charge on any atom is -0.496 e. The molecule has 0 heterocycles. The average Bonchev–Trinajstić information content (AvgIpc) is 2.30. The van der Waals surface area contributed by atoms with E-state index in [1.54, 1.807) is 7.11 Å². The lowest BCUT2D eigenvalue weighted by Crippen LogP contribution is -2.36. The molecule has 1 unspecified atom stereocenters. The van der Waals surface area contributed by atoms with E-state index in [2.05, 4.69) is 0 Å². The van der Waals surface area contributed by atoms with Crippen LogP contribution in [0.2, 0.25) is 0 Å². The van der Waals surface area contributed by atoms with Gasteiger partial charge in [-0.15, -0.1) is 0 Å². The molecule has 88 valence electrons. The Morgan fingerprint density at radius 3 is 2.69 bits per heavy atom. The first-order valence-corrected chi connectivity index (χ1v) is 5.08. The van der Waals surface area contributed by atoms with Crippen LogP contribution in [0.5, 0.6) is 5.75 Å². The maximum atomic E-state index is 11.7. The summed E-state index contributed by atoms with van der Waals surface area (Å²) in [6, 6.07) is 6.84. The van der Waals surface area contributed by atoms with Gasteiger partial charge in [0.1, 0.15) is 5.75 Å². The van der Waals surface area contributed by atoms with Gasteiger partial charge in [0.15, 0.2) is 5.78 Å². The minimum absolute atomic E-state index is 0.0497. The number of nitrogens with two attached hydrogens (primary N) is 1. The van der Waals surface area contributed by atoms with E-state index >= 15 is 0 Å². The van der Waals surface area contributed by atoms with Gasteiger partial charge in [-0.25, -0.2) is 0 Å². The normalized spacial score (nSPS) is 12.2. The molecule has 0 aromatic heterocycles. The van der Waals surface area contributed by atoms with Crippen molar-refractivity contribution in [3.05, 3.63) is 29.8 Å². The molecule has 0 amide bonds. The van der Waals surface area contributed by atoms with E-state index in [9.17, 15) is 4.79 Å². The van der Waals surface area contributed by atoms with Gasteiger partial charge in [-0.1, -0.05) is 18.2 Å². The highest BCUT2D eigenvalue weighted by Gasteiger charge is 2.15. The molecule has 0 radical (unpaired) electrons. The van der Waals surface area contributed by atoms with Crippen molar-refractivity contribution in [3.63, 3.8) is 0 Å². The number of hydrogen-bond donors (Lipinski definition) is 1. The zero-order valence-corrected chi connectivity index (χ0v) is 9.60. The van der Waals surface area contributed by atoms with Crippen LogP contribution in [-0.2, 0) is 16.0 Å². The van der Waals surface area contributed by atoms with E-state index < -0.39 is 6.04 Å². The molecule has 2 N–H and O–H groups in total. The molecule has 4 heteroatoms. The first kappa shape index (κ1) is 12.7. The van der Waals surface area contributed by atoms with Gasteiger partial charge in [-0.3, -0.25) is 4.79 Å². The zero-order valence-electron chi connectivity index (χ0n) is 9.60. The van der Waals surface area contributed by atoms with Crippen molar-refractivity contribution in [3.8, 4) is 5.75 Å². The number of ketones is 1. The Labute approximate surface area is 95.3 Å². The topological polar surface area (TPSA) is 61.5 Å². The lowest BCUT2D eigenvalue weighted by atomic mass is 10.0. The average molecular weight is 223 g/mol. The molecule has 16 heavy (non-hydrogen) atoms. The van der Waals surface area contributed by atoms with Crippen molar-refractivity contribution < 1.29 is 14.3 Å². The lowest BCUT2D eigenvalue weighted by molar-refractivity contribution is -0.120. The molecule has 0 saturated carbocycles. The van der Waals surface area contributed by atoms with Gasteiger partial charge in [-0.2, -0.15) is 0 Å². The molecule has 0 aliphatic heterocycles. The molecular formula is C12H17NO3. The molecule has 0 fully saturated rings. The van der Waals surface area contributed by atoms with E-state index in [0.717, 1.165) is 5.56 Å². The molecule has 0 saturated heterocycles. The number of carbonyl (C=O) groups is 1. The fraction of sp³-hybridized carbons (Fsp3) is 0.417. The van der Waals surface area contributed by atoms with Crippen molar-refractivity contribution in [2.24, 2.45) is 5.73 Å². The second-order valence-electron chi connectivity index (χ2n) is 3.52. The number of hydrogen-bond acceptors (Lipinski definition) is 4.